The predicted octanol–water partition coefficient (Wildman–Crippen LogP) is 5.49. The van der Waals surface area contributed by atoms with Gasteiger partial charge in [-0.2, -0.15) is 0 Å². The molecule has 1 aromatic heterocycles. The van der Waals surface area contributed by atoms with Crippen LogP contribution in [0.15, 0.2) is 80.4 Å². The van der Waals surface area contributed by atoms with Gasteiger partial charge in [0.2, 0.25) is 11.3 Å². The molecule has 0 radical (unpaired) electrons. The summed E-state index contributed by atoms with van der Waals surface area (Å²) in [5, 5.41) is 3.14. The molecule has 0 atom stereocenters. The predicted molar refractivity (Wildman–Crippen MR) is 123 cm³/mol. The largest absolute Gasteiger partial charge is 0.493 e. The molecule has 31 heavy (non-hydrogen) atoms. The van der Waals surface area contributed by atoms with Crippen molar-refractivity contribution in [2.45, 2.75) is 0 Å². The normalized spacial score (nSPS) is 10.7. The lowest BCUT2D eigenvalue weighted by atomic mass is 10.0. The third kappa shape index (κ3) is 4.04. The molecule has 1 amide bonds. The van der Waals surface area contributed by atoms with Crippen LogP contribution in [-0.4, -0.2) is 20.1 Å². The van der Waals surface area contributed by atoms with Gasteiger partial charge in [0.25, 0.3) is 5.91 Å². The number of methoxy groups -OCH3 is 2. The Labute approximate surface area is 186 Å². The van der Waals surface area contributed by atoms with Gasteiger partial charge in [-0.15, -0.1) is 0 Å². The first-order chi connectivity index (χ1) is 15.0. The number of amides is 1. The standard InChI is InChI=1S/C24H18BrNO5/c1-29-19-10-8-15(12-20(19)30-2)21-22(27)17-13-16(25)9-11-18(17)31-24(21)26-23(28)14-6-4-3-5-7-14/h3-13H,1-2H3,(H,26,28). The fourth-order valence-corrected chi connectivity index (χ4v) is 3.64. The van der Waals surface area contributed by atoms with Gasteiger partial charge in [0, 0.05) is 10.0 Å². The van der Waals surface area contributed by atoms with E-state index >= 15 is 0 Å². The van der Waals surface area contributed by atoms with E-state index in [1.54, 1.807) is 60.7 Å². The zero-order valence-corrected chi connectivity index (χ0v) is 18.4. The molecule has 0 saturated heterocycles. The Balaban J connectivity index is 1.93. The monoisotopic (exact) mass is 479 g/mol. The van der Waals surface area contributed by atoms with Crippen LogP contribution in [0.2, 0.25) is 0 Å². The van der Waals surface area contributed by atoms with Gasteiger partial charge in [-0.1, -0.05) is 40.2 Å². The Kier molecular flexibility index (Phi) is 5.77. The highest BCUT2D eigenvalue weighted by Gasteiger charge is 2.20. The van der Waals surface area contributed by atoms with Crippen molar-refractivity contribution in [1.29, 1.82) is 0 Å². The topological polar surface area (TPSA) is 77.8 Å². The van der Waals surface area contributed by atoms with E-state index in [-0.39, 0.29) is 22.8 Å². The quantitative estimate of drug-likeness (QED) is 0.409. The summed E-state index contributed by atoms with van der Waals surface area (Å²) in [6, 6.07) is 18.9. The summed E-state index contributed by atoms with van der Waals surface area (Å²) in [4.78, 5) is 26.3. The lowest BCUT2D eigenvalue weighted by Crippen LogP contribution is -2.16. The first-order valence-corrected chi connectivity index (χ1v) is 10.2. The van der Waals surface area contributed by atoms with E-state index in [1.807, 2.05) is 6.07 Å². The van der Waals surface area contributed by atoms with Gasteiger partial charge in [0.05, 0.1) is 25.2 Å². The van der Waals surface area contributed by atoms with Crippen LogP contribution in [0.25, 0.3) is 22.1 Å². The second-order valence-corrected chi connectivity index (χ2v) is 7.58. The van der Waals surface area contributed by atoms with Crippen molar-refractivity contribution >= 4 is 38.7 Å². The average Bonchev–Trinajstić information content (AvgIpc) is 2.80. The number of hydrogen-bond donors (Lipinski definition) is 1. The second kappa shape index (κ2) is 8.65. The SMILES string of the molecule is COc1ccc(-c2c(NC(=O)c3ccccc3)oc3ccc(Br)cc3c2=O)cc1OC. The number of anilines is 1. The average molecular weight is 480 g/mol. The van der Waals surface area contributed by atoms with Gasteiger partial charge in [0.1, 0.15) is 5.58 Å². The highest BCUT2D eigenvalue weighted by molar-refractivity contribution is 9.10. The molecule has 6 nitrogen and oxygen atoms in total. The van der Waals surface area contributed by atoms with Crippen LogP contribution in [0.1, 0.15) is 10.4 Å². The second-order valence-electron chi connectivity index (χ2n) is 6.67. The molecule has 0 spiro atoms. The summed E-state index contributed by atoms with van der Waals surface area (Å²) in [7, 11) is 3.05. The number of hydrogen-bond acceptors (Lipinski definition) is 5. The molecule has 0 fully saturated rings. The van der Waals surface area contributed by atoms with Crippen LogP contribution in [0, 0.1) is 0 Å². The van der Waals surface area contributed by atoms with Crippen molar-refractivity contribution in [3.05, 3.63) is 87.0 Å². The minimum atomic E-state index is -0.387. The van der Waals surface area contributed by atoms with Gasteiger partial charge in [0.15, 0.2) is 11.5 Å². The van der Waals surface area contributed by atoms with Crippen LogP contribution in [0.5, 0.6) is 11.5 Å². The van der Waals surface area contributed by atoms with Crippen molar-refractivity contribution in [2.75, 3.05) is 19.5 Å². The van der Waals surface area contributed by atoms with Gasteiger partial charge in [-0.25, -0.2) is 0 Å². The summed E-state index contributed by atoms with van der Waals surface area (Å²) in [6.45, 7) is 0. The lowest BCUT2D eigenvalue weighted by molar-refractivity contribution is 0.102. The van der Waals surface area contributed by atoms with Gasteiger partial charge in [-0.3, -0.25) is 14.9 Å². The summed E-state index contributed by atoms with van der Waals surface area (Å²) >= 11 is 3.39. The summed E-state index contributed by atoms with van der Waals surface area (Å²) < 4.78 is 17.4. The van der Waals surface area contributed by atoms with E-state index in [1.165, 1.54) is 14.2 Å². The highest BCUT2D eigenvalue weighted by atomic mass is 79.9. The number of fused-ring (bicyclic) bond motifs is 1. The Hall–Kier alpha value is -3.58. The Morgan fingerprint density at radius 3 is 2.39 bits per heavy atom. The lowest BCUT2D eigenvalue weighted by Gasteiger charge is -2.13. The third-order valence-electron chi connectivity index (χ3n) is 4.79. The number of rotatable bonds is 5. The molecule has 0 bridgehead atoms. The summed E-state index contributed by atoms with van der Waals surface area (Å²) in [5.41, 5.74) is 1.27. The fraction of sp³-hybridized carbons (Fsp3) is 0.0833. The van der Waals surface area contributed by atoms with Crippen molar-refractivity contribution in [1.82, 2.24) is 0 Å². The molecule has 1 heterocycles. The number of nitrogens with one attached hydrogen (secondary N) is 1. The molecule has 0 saturated carbocycles. The summed E-state index contributed by atoms with van der Waals surface area (Å²) in [5.74, 6) is 0.644. The maximum absolute atomic E-state index is 13.5. The molecule has 156 valence electrons. The maximum atomic E-state index is 13.5. The molecule has 3 aromatic carbocycles. The number of carbonyl (C=O) groups excluding carboxylic acids is 1. The van der Waals surface area contributed by atoms with Crippen molar-refractivity contribution in [3.8, 4) is 22.6 Å². The van der Waals surface area contributed by atoms with Crippen molar-refractivity contribution in [2.24, 2.45) is 0 Å². The van der Waals surface area contributed by atoms with E-state index in [2.05, 4.69) is 21.2 Å². The molecule has 4 aromatic rings. The number of benzene rings is 3. The summed E-state index contributed by atoms with van der Waals surface area (Å²) in [6.07, 6.45) is 0. The fourth-order valence-electron chi connectivity index (χ4n) is 3.27. The maximum Gasteiger partial charge on any atom is 0.257 e. The molecular weight excluding hydrogens is 462 g/mol. The van der Waals surface area contributed by atoms with Crippen LogP contribution < -0.4 is 20.2 Å². The zero-order valence-electron chi connectivity index (χ0n) is 16.8. The minimum Gasteiger partial charge on any atom is -0.493 e. The van der Waals surface area contributed by atoms with Crippen LogP contribution in [-0.2, 0) is 0 Å². The van der Waals surface area contributed by atoms with Crippen LogP contribution in [0.3, 0.4) is 0 Å². The molecular formula is C24H18BrNO5. The first kappa shape index (κ1) is 20.7. The Morgan fingerprint density at radius 1 is 0.935 bits per heavy atom. The third-order valence-corrected chi connectivity index (χ3v) is 5.28. The van der Waals surface area contributed by atoms with Gasteiger partial charge in [-0.05, 0) is 48.0 Å². The Bertz CT molecular complexity index is 1330. The van der Waals surface area contributed by atoms with Crippen LogP contribution >= 0.6 is 15.9 Å². The van der Waals surface area contributed by atoms with E-state index in [9.17, 15) is 9.59 Å². The molecule has 7 heteroatoms. The first-order valence-electron chi connectivity index (χ1n) is 9.37. The Morgan fingerprint density at radius 2 is 1.68 bits per heavy atom. The molecule has 0 unspecified atom stereocenters. The minimum absolute atomic E-state index is 0.0564. The molecule has 4 rings (SSSR count). The highest BCUT2D eigenvalue weighted by Crippen LogP contribution is 2.35. The van der Waals surface area contributed by atoms with Crippen LogP contribution in [0.4, 0.5) is 5.88 Å². The molecule has 0 aliphatic heterocycles. The van der Waals surface area contributed by atoms with E-state index < -0.39 is 0 Å². The number of carbonyl (C=O) groups is 1. The van der Waals surface area contributed by atoms with Gasteiger partial charge >= 0.3 is 0 Å². The molecule has 0 aliphatic rings. The molecule has 1 N–H and O–H groups in total. The van der Waals surface area contributed by atoms with Gasteiger partial charge < -0.3 is 13.9 Å². The van der Waals surface area contributed by atoms with Crippen molar-refractivity contribution < 1.29 is 18.7 Å². The van der Waals surface area contributed by atoms with Crippen molar-refractivity contribution in [3.63, 3.8) is 0 Å². The number of halogens is 1. The number of ether oxygens (including phenoxy) is 2. The van der Waals surface area contributed by atoms with E-state index in [0.717, 1.165) is 4.47 Å². The zero-order chi connectivity index (χ0) is 22.0. The smallest absolute Gasteiger partial charge is 0.257 e. The van der Waals surface area contributed by atoms with E-state index in [0.29, 0.717) is 33.6 Å². The van der Waals surface area contributed by atoms with E-state index in [4.69, 9.17) is 13.9 Å². The molecule has 0 aliphatic carbocycles.